The van der Waals surface area contributed by atoms with Crippen molar-refractivity contribution in [3.8, 4) is 0 Å². The van der Waals surface area contributed by atoms with E-state index in [1.54, 1.807) is 12.4 Å². The van der Waals surface area contributed by atoms with E-state index in [1.807, 2.05) is 32.4 Å². The molecule has 3 N–H and O–H groups in total. The third kappa shape index (κ3) is 7.50. The maximum atomic E-state index is 12.5. The fraction of sp³-hybridized carbons (Fsp3) is 0.407. The number of nitrogens with one attached hydrogen (secondary N) is 3. The predicted octanol–water partition coefficient (Wildman–Crippen LogP) is 2.88. The summed E-state index contributed by atoms with van der Waals surface area (Å²) in [4.78, 5) is 42.6. The molecule has 2 aliphatic rings. The summed E-state index contributed by atoms with van der Waals surface area (Å²) in [6, 6.07) is 2.45. The summed E-state index contributed by atoms with van der Waals surface area (Å²) in [7, 11) is -4.28. The molecule has 0 bridgehead atoms. The van der Waals surface area contributed by atoms with Crippen LogP contribution < -0.4 is 15.4 Å². The van der Waals surface area contributed by atoms with E-state index in [9.17, 15) is 22.8 Å². The summed E-state index contributed by atoms with van der Waals surface area (Å²) in [6.07, 6.45) is 10.7. The number of carbonyl (C=O) groups excluding carboxylic acids is 3. The van der Waals surface area contributed by atoms with Crippen molar-refractivity contribution >= 4 is 34.1 Å². The molecule has 2 aromatic heterocycles. The van der Waals surface area contributed by atoms with Gasteiger partial charge in [-0.15, -0.1) is 0 Å². The Kier molecular flexibility index (Phi) is 10.5. The van der Waals surface area contributed by atoms with E-state index in [1.165, 1.54) is 11.1 Å². The second kappa shape index (κ2) is 13.8. The normalized spacial score (nSPS) is 13.0. The maximum absolute atomic E-state index is 12.5. The van der Waals surface area contributed by atoms with Crippen molar-refractivity contribution in [2.24, 2.45) is 0 Å². The van der Waals surface area contributed by atoms with Crippen LogP contribution >= 0.6 is 0 Å². The lowest BCUT2D eigenvalue weighted by Gasteiger charge is -2.16. The van der Waals surface area contributed by atoms with Crippen molar-refractivity contribution in [3.05, 3.63) is 64.4 Å². The number of carbonyl (C=O) groups is 3. The van der Waals surface area contributed by atoms with Crippen LogP contribution in [0.3, 0.4) is 0 Å². The highest BCUT2D eigenvalue weighted by Gasteiger charge is 2.27. The first-order chi connectivity index (χ1) is 19.2. The first-order valence-electron chi connectivity index (χ1n) is 13.2. The average Bonchev–Trinajstić information content (AvgIpc) is 3.71. The number of amides is 3. The Hall–Kier alpha value is -4.13. The van der Waals surface area contributed by atoms with Gasteiger partial charge in [-0.05, 0) is 80.7 Å². The Balaban J connectivity index is 0.000000376. The van der Waals surface area contributed by atoms with Gasteiger partial charge in [-0.2, -0.15) is 13.5 Å². The zero-order valence-electron chi connectivity index (χ0n) is 23.2. The molecule has 5 rings (SSSR count). The molecule has 3 amide bonds. The SMILES string of the molecule is CC.Cc1cnc(C)cn1.O=CNCC(=O)n1ccc(S(=O)(=O)NC(=O)Nc2c3c(cc4c2CCC4)CCC3)n1. The number of sulfonamides is 1. The highest BCUT2D eigenvalue weighted by molar-refractivity contribution is 7.90. The lowest BCUT2D eigenvalue weighted by Crippen LogP contribution is -2.35. The highest BCUT2D eigenvalue weighted by atomic mass is 32.2. The van der Waals surface area contributed by atoms with Crippen molar-refractivity contribution in [2.45, 2.75) is 71.2 Å². The highest BCUT2D eigenvalue weighted by Crippen LogP contribution is 2.38. The molecule has 0 spiro atoms. The van der Waals surface area contributed by atoms with E-state index in [0.717, 1.165) is 83.7 Å². The van der Waals surface area contributed by atoms with E-state index in [2.05, 4.69) is 31.8 Å². The Labute approximate surface area is 234 Å². The summed E-state index contributed by atoms with van der Waals surface area (Å²) in [5.74, 6) is -0.622. The molecule has 0 saturated heterocycles. The number of benzene rings is 1. The number of urea groups is 1. The minimum atomic E-state index is -4.28. The second-order valence-corrected chi connectivity index (χ2v) is 10.7. The van der Waals surface area contributed by atoms with Crippen LogP contribution in [0.15, 0.2) is 35.7 Å². The van der Waals surface area contributed by atoms with Gasteiger partial charge in [-0.25, -0.2) is 14.2 Å². The summed E-state index contributed by atoms with van der Waals surface area (Å²) in [5.41, 5.74) is 7.27. The second-order valence-electron chi connectivity index (χ2n) is 9.08. The number of fused-ring (bicyclic) bond motifs is 2. The predicted molar refractivity (Wildman–Crippen MR) is 150 cm³/mol. The molecule has 0 unspecified atom stereocenters. The van der Waals surface area contributed by atoms with Gasteiger partial charge in [0.2, 0.25) is 6.41 Å². The number of anilines is 1. The molecule has 2 aliphatic carbocycles. The van der Waals surface area contributed by atoms with Crippen LogP contribution in [0, 0.1) is 13.8 Å². The number of rotatable bonds is 6. The molecule has 0 saturated carbocycles. The molecule has 13 heteroatoms. The summed E-state index contributed by atoms with van der Waals surface area (Å²) >= 11 is 0. The van der Waals surface area contributed by atoms with Crippen molar-refractivity contribution < 1.29 is 22.8 Å². The van der Waals surface area contributed by atoms with Gasteiger partial charge in [0.15, 0.2) is 5.03 Å². The Morgan fingerprint density at radius 1 is 0.975 bits per heavy atom. The third-order valence-electron chi connectivity index (χ3n) is 6.28. The van der Waals surface area contributed by atoms with Gasteiger partial charge >= 0.3 is 6.03 Å². The largest absolute Gasteiger partial charge is 0.350 e. The molecule has 0 radical (unpaired) electrons. The molecule has 1 aromatic carbocycles. The van der Waals surface area contributed by atoms with Crippen LogP contribution in [0.1, 0.15) is 65.1 Å². The molecule has 12 nitrogen and oxygen atoms in total. The van der Waals surface area contributed by atoms with Crippen molar-refractivity contribution in [1.82, 2.24) is 29.8 Å². The van der Waals surface area contributed by atoms with Crippen LogP contribution in [0.4, 0.5) is 10.5 Å². The number of aryl methyl sites for hydroxylation is 4. The number of hydrogen-bond donors (Lipinski definition) is 3. The standard InChI is InChI=1S/C19H21N5O5S.C6H8N2.C2H6/c25-11-20-10-17(26)24-8-7-16(22-24)30(28,29)23-19(27)21-18-14-5-1-3-12(14)9-13-4-2-6-15(13)18;1-5-3-8-6(2)4-7-5;1-2/h7-9,11H,1-6,10H2,(H,20,25)(H2,21,23,27);3-4H,1-2H3;1-2H3. The molecule has 3 aromatic rings. The number of hydrogen-bond acceptors (Lipinski definition) is 8. The van der Waals surface area contributed by atoms with Gasteiger partial charge < -0.3 is 10.6 Å². The van der Waals surface area contributed by atoms with E-state index >= 15 is 0 Å². The zero-order valence-corrected chi connectivity index (χ0v) is 24.0. The van der Waals surface area contributed by atoms with Crippen LogP contribution in [0.5, 0.6) is 0 Å². The first kappa shape index (κ1) is 30.4. The fourth-order valence-electron chi connectivity index (χ4n) is 4.54. The van der Waals surface area contributed by atoms with Gasteiger partial charge in [0.05, 0.1) is 17.9 Å². The summed E-state index contributed by atoms with van der Waals surface area (Å²) in [6.45, 7) is 7.52. The summed E-state index contributed by atoms with van der Waals surface area (Å²) in [5, 5.41) is 8.14. The molecule has 0 aliphatic heterocycles. The van der Waals surface area contributed by atoms with Crippen molar-refractivity contribution in [1.29, 1.82) is 0 Å². The quantitative estimate of drug-likeness (QED) is 0.381. The molecule has 214 valence electrons. The molecular weight excluding hydrogens is 534 g/mol. The van der Waals surface area contributed by atoms with Crippen LogP contribution in [-0.2, 0) is 40.5 Å². The van der Waals surface area contributed by atoms with Gasteiger partial charge in [-0.1, -0.05) is 19.9 Å². The zero-order chi connectivity index (χ0) is 29.3. The fourth-order valence-corrected chi connectivity index (χ4v) is 5.37. The Morgan fingerprint density at radius 3 is 2.08 bits per heavy atom. The van der Waals surface area contributed by atoms with E-state index < -0.39 is 27.0 Å². The van der Waals surface area contributed by atoms with Crippen molar-refractivity contribution in [2.75, 3.05) is 11.9 Å². The van der Waals surface area contributed by atoms with E-state index in [4.69, 9.17) is 0 Å². The molecule has 2 heterocycles. The first-order valence-corrected chi connectivity index (χ1v) is 14.7. The Bertz CT molecular complexity index is 1410. The van der Waals surface area contributed by atoms with Crippen LogP contribution in [0.25, 0.3) is 0 Å². The molecule has 0 atom stereocenters. The van der Waals surface area contributed by atoms with Gasteiger partial charge in [0, 0.05) is 24.3 Å². The topological polar surface area (TPSA) is 165 Å². The van der Waals surface area contributed by atoms with E-state index in [-0.39, 0.29) is 6.54 Å². The molecule has 40 heavy (non-hydrogen) atoms. The number of nitrogens with zero attached hydrogens (tertiary/aromatic N) is 4. The van der Waals surface area contributed by atoms with E-state index in [0.29, 0.717) is 6.41 Å². The molecule has 0 fully saturated rings. The monoisotopic (exact) mass is 569 g/mol. The van der Waals surface area contributed by atoms with Gasteiger partial charge in [0.1, 0.15) is 0 Å². The smallest absolute Gasteiger partial charge is 0.333 e. The lowest BCUT2D eigenvalue weighted by atomic mass is 9.99. The maximum Gasteiger partial charge on any atom is 0.333 e. The van der Waals surface area contributed by atoms with Gasteiger partial charge in [0.25, 0.3) is 15.9 Å². The summed E-state index contributed by atoms with van der Waals surface area (Å²) < 4.78 is 27.8. The third-order valence-corrected chi connectivity index (χ3v) is 7.50. The van der Waals surface area contributed by atoms with Crippen molar-refractivity contribution in [3.63, 3.8) is 0 Å². The lowest BCUT2D eigenvalue weighted by molar-refractivity contribution is -0.109. The average molecular weight is 570 g/mol. The van der Waals surface area contributed by atoms with Crippen LogP contribution in [-0.4, -0.2) is 53.1 Å². The minimum Gasteiger partial charge on any atom is -0.350 e. The number of aromatic nitrogens is 4. The Morgan fingerprint density at radius 2 is 1.55 bits per heavy atom. The molecular formula is C27H35N7O5S. The van der Waals surface area contributed by atoms with Gasteiger partial charge in [-0.3, -0.25) is 19.6 Å². The van der Waals surface area contributed by atoms with Crippen LogP contribution in [0.2, 0.25) is 0 Å². The minimum absolute atomic E-state index is 0.331.